The summed E-state index contributed by atoms with van der Waals surface area (Å²) in [6.45, 7) is 6.62. The number of aryl methyl sites for hydroxylation is 2. The molecule has 2 atom stereocenters. The minimum absolute atomic E-state index is 0.0883. The summed E-state index contributed by atoms with van der Waals surface area (Å²) in [6, 6.07) is 3.92. The first kappa shape index (κ1) is 17.9. The number of hydrogen-bond acceptors (Lipinski definition) is 4. The number of pyridine rings is 1. The number of nitrogens with zero attached hydrogens (tertiary/aromatic N) is 3. The molecule has 1 fully saturated rings. The molecule has 3 rings (SSSR count). The van der Waals surface area contributed by atoms with Gasteiger partial charge in [-0.3, -0.25) is 9.20 Å². The molecule has 1 aliphatic heterocycles. The molecule has 0 radical (unpaired) electrons. The lowest BCUT2D eigenvalue weighted by Crippen LogP contribution is -2.55. The quantitative estimate of drug-likeness (QED) is 0.888. The zero-order valence-corrected chi connectivity index (χ0v) is 15.2. The molecular formula is C19H27N3O3. The van der Waals surface area contributed by atoms with E-state index in [0.717, 1.165) is 17.6 Å². The Morgan fingerprint density at radius 1 is 1.44 bits per heavy atom. The van der Waals surface area contributed by atoms with Crippen LogP contribution in [0.15, 0.2) is 18.3 Å². The van der Waals surface area contributed by atoms with Crippen LogP contribution in [-0.2, 0) is 0 Å². The van der Waals surface area contributed by atoms with Crippen LogP contribution >= 0.6 is 0 Å². The molecule has 0 saturated carbocycles. The summed E-state index contributed by atoms with van der Waals surface area (Å²) < 4.78 is 1.83. The Morgan fingerprint density at radius 2 is 2.20 bits per heavy atom. The van der Waals surface area contributed by atoms with Crippen molar-refractivity contribution in [3.63, 3.8) is 0 Å². The number of aliphatic hydroxyl groups excluding tert-OH is 2. The number of aromatic nitrogens is 2. The fourth-order valence-electron chi connectivity index (χ4n) is 3.97. The second-order valence-electron chi connectivity index (χ2n) is 7.28. The van der Waals surface area contributed by atoms with Crippen molar-refractivity contribution < 1.29 is 15.0 Å². The molecule has 0 spiro atoms. The molecule has 2 N–H and O–H groups in total. The Balaban J connectivity index is 1.94. The molecule has 1 aliphatic rings. The van der Waals surface area contributed by atoms with Crippen LogP contribution in [0.2, 0.25) is 0 Å². The van der Waals surface area contributed by atoms with Crippen LogP contribution < -0.4 is 0 Å². The lowest BCUT2D eigenvalue weighted by Gasteiger charge is -2.45. The molecule has 2 aromatic heterocycles. The van der Waals surface area contributed by atoms with Gasteiger partial charge >= 0.3 is 0 Å². The largest absolute Gasteiger partial charge is 0.396 e. The summed E-state index contributed by atoms with van der Waals surface area (Å²) in [5, 5.41) is 20.3. The van der Waals surface area contributed by atoms with Gasteiger partial charge < -0.3 is 15.1 Å². The molecule has 0 unspecified atom stereocenters. The first-order valence-electron chi connectivity index (χ1n) is 8.95. The number of fused-ring (bicyclic) bond motifs is 1. The van der Waals surface area contributed by atoms with Gasteiger partial charge in [0.25, 0.3) is 5.91 Å². The van der Waals surface area contributed by atoms with Crippen LogP contribution in [0.3, 0.4) is 0 Å². The number of amides is 1. The number of aliphatic hydroxyl groups is 2. The van der Waals surface area contributed by atoms with Crippen LogP contribution in [0, 0.1) is 19.3 Å². The fourth-order valence-corrected chi connectivity index (χ4v) is 3.97. The van der Waals surface area contributed by atoms with Gasteiger partial charge in [0.15, 0.2) is 0 Å². The highest BCUT2D eigenvalue weighted by atomic mass is 16.3. The van der Waals surface area contributed by atoms with E-state index in [9.17, 15) is 15.0 Å². The summed E-state index contributed by atoms with van der Waals surface area (Å²) in [4.78, 5) is 19.5. The predicted octanol–water partition coefficient (Wildman–Crippen LogP) is 1.94. The van der Waals surface area contributed by atoms with Crippen LogP contribution in [0.25, 0.3) is 5.65 Å². The first-order valence-corrected chi connectivity index (χ1v) is 8.95. The van der Waals surface area contributed by atoms with Crippen LogP contribution in [0.4, 0.5) is 0 Å². The number of imidazole rings is 1. The molecule has 0 bridgehead atoms. The highest BCUT2D eigenvalue weighted by molar-refractivity contribution is 5.94. The zero-order chi connectivity index (χ0) is 18.2. The van der Waals surface area contributed by atoms with E-state index in [1.165, 1.54) is 0 Å². The van der Waals surface area contributed by atoms with E-state index in [0.29, 0.717) is 37.3 Å². The second-order valence-corrected chi connectivity index (χ2v) is 7.28. The van der Waals surface area contributed by atoms with Crippen molar-refractivity contribution in [3.8, 4) is 0 Å². The molecule has 2 aromatic rings. The van der Waals surface area contributed by atoms with Gasteiger partial charge in [0.1, 0.15) is 11.3 Å². The Bertz CT molecular complexity index is 786. The van der Waals surface area contributed by atoms with Gasteiger partial charge in [-0.2, -0.15) is 0 Å². The third-order valence-electron chi connectivity index (χ3n) is 5.39. The van der Waals surface area contributed by atoms with Gasteiger partial charge in [-0.1, -0.05) is 13.3 Å². The van der Waals surface area contributed by atoms with E-state index in [2.05, 4.69) is 4.98 Å². The molecular weight excluding hydrogens is 318 g/mol. The average molecular weight is 345 g/mol. The molecule has 6 heteroatoms. The lowest BCUT2D eigenvalue weighted by atomic mass is 9.74. The summed E-state index contributed by atoms with van der Waals surface area (Å²) in [5.41, 5.74) is 2.49. The molecule has 1 amide bonds. The number of rotatable bonds is 4. The van der Waals surface area contributed by atoms with Crippen LogP contribution in [-0.4, -0.2) is 56.2 Å². The minimum atomic E-state index is -0.631. The maximum absolute atomic E-state index is 13.2. The molecule has 136 valence electrons. The van der Waals surface area contributed by atoms with E-state index in [4.69, 9.17) is 0 Å². The molecule has 6 nitrogen and oxygen atoms in total. The minimum Gasteiger partial charge on any atom is -0.396 e. The molecule has 1 saturated heterocycles. The van der Waals surface area contributed by atoms with Gasteiger partial charge in [-0.05, 0) is 44.4 Å². The summed E-state index contributed by atoms with van der Waals surface area (Å²) in [5.74, 6) is -0.0883. The van der Waals surface area contributed by atoms with Gasteiger partial charge in [-0.25, -0.2) is 4.98 Å². The van der Waals surface area contributed by atoms with E-state index in [1.54, 1.807) is 4.90 Å². The second kappa shape index (κ2) is 6.77. The average Bonchev–Trinajstić information content (AvgIpc) is 2.91. The number of likely N-dealkylation sites (tertiary alicyclic amines) is 1. The molecule has 0 aromatic carbocycles. The Kier molecular flexibility index (Phi) is 4.84. The Morgan fingerprint density at radius 3 is 2.88 bits per heavy atom. The van der Waals surface area contributed by atoms with Crippen molar-refractivity contribution >= 4 is 11.6 Å². The van der Waals surface area contributed by atoms with E-state index < -0.39 is 11.5 Å². The number of hydrogen-bond donors (Lipinski definition) is 2. The highest BCUT2D eigenvalue weighted by Crippen LogP contribution is 2.35. The topological polar surface area (TPSA) is 78.1 Å². The van der Waals surface area contributed by atoms with Gasteiger partial charge in [0.05, 0.1) is 18.4 Å². The van der Waals surface area contributed by atoms with Gasteiger partial charge in [0.2, 0.25) is 0 Å². The zero-order valence-electron chi connectivity index (χ0n) is 15.2. The standard InChI is InChI=1S/C19H27N3O3/c1-4-7-19(12-23)11-21(8-6-15(19)24)18(25)17-14(3)20-16-10-13(2)5-9-22(16)17/h5,9-10,15,23-24H,4,6-8,11-12H2,1-3H3/t15-,19-/m0/s1. The molecule has 0 aliphatic carbocycles. The Labute approximate surface area is 148 Å². The first-order chi connectivity index (χ1) is 11.9. The molecule has 25 heavy (non-hydrogen) atoms. The smallest absolute Gasteiger partial charge is 0.272 e. The van der Waals surface area contributed by atoms with Crippen molar-refractivity contribution in [3.05, 3.63) is 35.3 Å². The predicted molar refractivity (Wildman–Crippen MR) is 95.6 cm³/mol. The summed E-state index contributed by atoms with van der Waals surface area (Å²) >= 11 is 0. The third kappa shape index (κ3) is 3.04. The number of piperidine rings is 1. The highest BCUT2D eigenvalue weighted by Gasteiger charge is 2.43. The molecule has 3 heterocycles. The van der Waals surface area contributed by atoms with Crippen molar-refractivity contribution in [2.75, 3.05) is 19.7 Å². The summed E-state index contributed by atoms with van der Waals surface area (Å²) in [6.07, 6.45) is 3.34. The number of carbonyl (C=O) groups excluding carboxylic acids is 1. The summed E-state index contributed by atoms with van der Waals surface area (Å²) in [7, 11) is 0. The van der Waals surface area contributed by atoms with E-state index in [-0.39, 0.29) is 12.5 Å². The van der Waals surface area contributed by atoms with E-state index in [1.807, 2.05) is 43.5 Å². The Hall–Kier alpha value is -1.92. The van der Waals surface area contributed by atoms with Gasteiger partial charge in [-0.15, -0.1) is 0 Å². The fraction of sp³-hybridized carbons (Fsp3) is 0.579. The monoisotopic (exact) mass is 345 g/mol. The van der Waals surface area contributed by atoms with Crippen molar-refractivity contribution in [1.82, 2.24) is 14.3 Å². The lowest BCUT2D eigenvalue weighted by molar-refractivity contribution is -0.0721. The van der Waals surface area contributed by atoms with Crippen molar-refractivity contribution in [2.24, 2.45) is 5.41 Å². The van der Waals surface area contributed by atoms with Crippen molar-refractivity contribution in [1.29, 1.82) is 0 Å². The third-order valence-corrected chi connectivity index (χ3v) is 5.39. The SMILES string of the molecule is CCC[C@@]1(CO)CN(C(=O)c2c(C)nc3cc(C)ccn23)CC[C@@H]1O. The van der Waals surface area contributed by atoms with E-state index >= 15 is 0 Å². The number of carbonyl (C=O) groups is 1. The maximum atomic E-state index is 13.2. The van der Waals surface area contributed by atoms with Crippen LogP contribution in [0.1, 0.15) is 47.9 Å². The van der Waals surface area contributed by atoms with Gasteiger partial charge in [0, 0.05) is 24.7 Å². The maximum Gasteiger partial charge on any atom is 0.272 e. The van der Waals surface area contributed by atoms with Crippen LogP contribution in [0.5, 0.6) is 0 Å². The van der Waals surface area contributed by atoms with Crippen molar-refractivity contribution in [2.45, 2.75) is 46.1 Å². The normalized spacial score (nSPS) is 24.0.